The van der Waals surface area contributed by atoms with Crippen molar-refractivity contribution < 1.29 is 23.7 Å². The molecule has 1 fully saturated rings. The fraction of sp³-hybridized carbons (Fsp3) is 0.500. The quantitative estimate of drug-likeness (QED) is 0.232. The maximum absolute atomic E-state index is 12.3. The van der Waals surface area contributed by atoms with Crippen LogP contribution in [0.5, 0.6) is 23.0 Å². The third kappa shape index (κ3) is 9.11. The van der Waals surface area contributed by atoms with E-state index in [-0.39, 0.29) is 11.4 Å². The first-order chi connectivity index (χ1) is 20.1. The minimum absolute atomic E-state index is 0.141. The summed E-state index contributed by atoms with van der Waals surface area (Å²) in [5, 5.41) is 6.82. The van der Waals surface area contributed by atoms with Crippen LogP contribution >= 0.6 is 11.6 Å². The molecule has 3 aromatic rings. The molecule has 2 N–H and O–H groups in total. The first-order valence-corrected chi connectivity index (χ1v) is 14.9. The molecule has 1 saturated heterocycles. The van der Waals surface area contributed by atoms with Gasteiger partial charge in [0, 0.05) is 43.9 Å². The second-order valence-corrected chi connectivity index (χ2v) is 12.3. The molecule has 0 radical (unpaired) electrons. The van der Waals surface area contributed by atoms with E-state index in [9.17, 15) is 4.79 Å². The number of hydrogen-bond acceptors (Lipinski definition) is 7. The van der Waals surface area contributed by atoms with E-state index < -0.39 is 0 Å². The second-order valence-electron chi connectivity index (χ2n) is 11.9. The number of aromatic nitrogens is 1. The number of nitrogens with one attached hydrogen (secondary N) is 2. The van der Waals surface area contributed by atoms with Crippen molar-refractivity contribution in [2.75, 3.05) is 58.9 Å². The van der Waals surface area contributed by atoms with Crippen LogP contribution in [0.2, 0.25) is 5.02 Å². The molecule has 2 amide bonds. The summed E-state index contributed by atoms with van der Waals surface area (Å²) < 4.78 is 23.3. The zero-order valence-corrected chi connectivity index (χ0v) is 26.1. The van der Waals surface area contributed by atoms with Gasteiger partial charge in [0.15, 0.2) is 11.5 Å². The van der Waals surface area contributed by atoms with Gasteiger partial charge in [0.25, 0.3) is 0 Å². The van der Waals surface area contributed by atoms with E-state index in [0.717, 1.165) is 56.4 Å². The van der Waals surface area contributed by atoms with Crippen molar-refractivity contribution in [2.45, 2.75) is 40.0 Å². The topological polar surface area (TPSA) is 94.2 Å². The number of pyridine rings is 1. The highest BCUT2D eigenvalue weighted by atomic mass is 35.5. The van der Waals surface area contributed by atoms with E-state index in [2.05, 4.69) is 41.3 Å². The second kappa shape index (κ2) is 14.8. The highest BCUT2D eigenvalue weighted by Crippen LogP contribution is 2.38. The number of benzene rings is 2. The number of anilines is 1. The number of methoxy groups -OCH3 is 2. The van der Waals surface area contributed by atoms with Gasteiger partial charge >= 0.3 is 6.03 Å². The molecule has 228 valence electrons. The molecule has 42 heavy (non-hydrogen) atoms. The van der Waals surface area contributed by atoms with E-state index in [1.54, 1.807) is 44.7 Å². The minimum Gasteiger partial charge on any atom is -0.493 e. The number of carbonyl (C=O) groups excluding carboxylic acids is 1. The van der Waals surface area contributed by atoms with Crippen LogP contribution in [0.15, 0.2) is 42.6 Å². The summed E-state index contributed by atoms with van der Waals surface area (Å²) in [5.74, 6) is 2.90. The van der Waals surface area contributed by atoms with Crippen molar-refractivity contribution in [1.82, 2.24) is 15.2 Å². The third-order valence-corrected chi connectivity index (χ3v) is 7.67. The average molecular weight is 599 g/mol. The van der Waals surface area contributed by atoms with Crippen LogP contribution in [-0.2, 0) is 4.74 Å². The Morgan fingerprint density at radius 3 is 2.55 bits per heavy atom. The highest BCUT2D eigenvalue weighted by molar-refractivity contribution is 6.33. The summed E-state index contributed by atoms with van der Waals surface area (Å²) in [6.07, 6.45) is 4.75. The lowest BCUT2D eigenvalue weighted by molar-refractivity contribution is 0.104. The molecule has 4 rings (SSSR count). The summed E-state index contributed by atoms with van der Waals surface area (Å²) in [6, 6.07) is 10.4. The molecule has 0 unspecified atom stereocenters. The van der Waals surface area contributed by atoms with E-state index in [4.69, 9.17) is 30.5 Å². The third-order valence-electron chi connectivity index (χ3n) is 7.36. The Hall–Kier alpha value is -3.27. The van der Waals surface area contributed by atoms with Crippen LogP contribution in [0.25, 0.3) is 10.9 Å². The summed E-state index contributed by atoms with van der Waals surface area (Å²) >= 11 is 6.48. The maximum atomic E-state index is 12.3. The van der Waals surface area contributed by atoms with E-state index in [0.29, 0.717) is 52.8 Å². The number of rotatable bonds is 12. The van der Waals surface area contributed by atoms with Gasteiger partial charge in [-0.15, -0.1) is 0 Å². The van der Waals surface area contributed by atoms with Crippen LogP contribution in [0.4, 0.5) is 10.5 Å². The Morgan fingerprint density at radius 1 is 1.07 bits per heavy atom. The van der Waals surface area contributed by atoms with E-state index in [1.807, 2.05) is 12.1 Å². The van der Waals surface area contributed by atoms with Crippen LogP contribution in [0.1, 0.15) is 40.0 Å². The molecule has 9 nitrogen and oxygen atoms in total. The molecule has 0 spiro atoms. The molecule has 0 bridgehead atoms. The van der Waals surface area contributed by atoms with Gasteiger partial charge in [-0.25, -0.2) is 4.79 Å². The van der Waals surface area contributed by atoms with Gasteiger partial charge in [0.1, 0.15) is 11.5 Å². The normalized spacial score (nSPS) is 14.5. The fourth-order valence-electron chi connectivity index (χ4n) is 4.80. The number of urea groups is 1. The van der Waals surface area contributed by atoms with Gasteiger partial charge in [-0.3, -0.25) is 4.98 Å². The predicted octanol–water partition coefficient (Wildman–Crippen LogP) is 6.98. The van der Waals surface area contributed by atoms with Crippen LogP contribution in [0.3, 0.4) is 0 Å². The van der Waals surface area contributed by atoms with Gasteiger partial charge in [0.05, 0.1) is 36.6 Å². The number of hydrogen-bond donors (Lipinski definition) is 2. The number of likely N-dealkylation sites (tertiary alicyclic amines) is 1. The summed E-state index contributed by atoms with van der Waals surface area (Å²) in [7, 11) is 3.37. The largest absolute Gasteiger partial charge is 0.493 e. The fourth-order valence-corrected chi connectivity index (χ4v) is 5.02. The molecule has 1 aliphatic rings. The maximum Gasteiger partial charge on any atom is 0.319 e. The first kappa shape index (κ1) is 31.7. The van der Waals surface area contributed by atoms with Crippen molar-refractivity contribution in [3.63, 3.8) is 0 Å². The van der Waals surface area contributed by atoms with Crippen molar-refractivity contribution >= 4 is 34.2 Å². The SMILES string of the molecule is COCCN1CCC(COc2cc3nccc(Oc4ccc(NC(=O)NCCC(C)(C)C)c(Cl)c4)c3cc2OC)CC1. The Labute approximate surface area is 253 Å². The van der Waals surface area contributed by atoms with E-state index in [1.165, 1.54) is 0 Å². The van der Waals surface area contributed by atoms with Gasteiger partial charge in [0.2, 0.25) is 0 Å². The van der Waals surface area contributed by atoms with Crippen LogP contribution < -0.4 is 24.8 Å². The minimum atomic E-state index is -0.299. The van der Waals surface area contributed by atoms with Crippen molar-refractivity contribution in [2.24, 2.45) is 11.3 Å². The Kier molecular flexibility index (Phi) is 11.1. The van der Waals surface area contributed by atoms with Gasteiger partial charge in [-0.2, -0.15) is 0 Å². The number of carbonyl (C=O) groups is 1. The first-order valence-electron chi connectivity index (χ1n) is 14.5. The Balaban J connectivity index is 1.39. The highest BCUT2D eigenvalue weighted by Gasteiger charge is 2.21. The lowest BCUT2D eigenvalue weighted by Crippen LogP contribution is -2.37. The van der Waals surface area contributed by atoms with Crippen molar-refractivity contribution in [3.05, 3.63) is 47.6 Å². The zero-order valence-electron chi connectivity index (χ0n) is 25.3. The van der Waals surface area contributed by atoms with Crippen LogP contribution in [0, 0.1) is 11.3 Å². The number of ether oxygens (including phenoxy) is 4. The number of nitrogens with zero attached hydrogens (tertiary/aromatic N) is 2. The average Bonchev–Trinajstić information content (AvgIpc) is 2.96. The van der Waals surface area contributed by atoms with Crippen molar-refractivity contribution in [3.8, 4) is 23.0 Å². The van der Waals surface area contributed by atoms with Crippen LogP contribution in [-0.4, -0.2) is 69.5 Å². The van der Waals surface area contributed by atoms with Gasteiger partial charge in [-0.1, -0.05) is 32.4 Å². The lowest BCUT2D eigenvalue weighted by Gasteiger charge is -2.31. The Bertz CT molecular complexity index is 1340. The molecular formula is C32H43ClN4O5. The Morgan fingerprint density at radius 2 is 1.86 bits per heavy atom. The summed E-state index contributed by atoms with van der Waals surface area (Å²) in [4.78, 5) is 19.3. The number of piperidine rings is 1. The zero-order chi connectivity index (χ0) is 30.1. The summed E-state index contributed by atoms with van der Waals surface area (Å²) in [6.45, 7) is 11.5. The number of fused-ring (bicyclic) bond motifs is 1. The molecule has 10 heteroatoms. The molecule has 1 aromatic heterocycles. The smallest absolute Gasteiger partial charge is 0.319 e. The summed E-state index contributed by atoms with van der Waals surface area (Å²) in [5.41, 5.74) is 1.37. The molecule has 1 aliphatic heterocycles. The van der Waals surface area contributed by atoms with Gasteiger partial charge < -0.3 is 34.5 Å². The molecule has 0 aliphatic carbocycles. The monoisotopic (exact) mass is 598 g/mol. The molecule has 2 aromatic carbocycles. The molecule has 2 heterocycles. The predicted molar refractivity (Wildman–Crippen MR) is 167 cm³/mol. The standard InChI is InChI=1S/C32H43ClN4O5/c1-32(2,3)11-13-35-31(38)36-26-7-6-23(18-25(26)33)42-28-8-12-34-27-20-30(29(40-5)19-24(27)28)41-21-22-9-14-37(15-10-22)16-17-39-4/h6-8,12,18-20,22H,9-11,13-17,21H2,1-5H3,(H2,35,36,38). The number of halogens is 1. The number of amides is 2. The van der Waals surface area contributed by atoms with Gasteiger partial charge in [-0.05, 0) is 68.0 Å². The molecular weight excluding hydrogens is 556 g/mol. The lowest BCUT2D eigenvalue weighted by atomic mass is 9.92. The molecule has 0 atom stereocenters. The molecule has 0 saturated carbocycles. The van der Waals surface area contributed by atoms with E-state index >= 15 is 0 Å². The van der Waals surface area contributed by atoms with Crippen molar-refractivity contribution in [1.29, 1.82) is 0 Å².